The largest absolute Gasteiger partial charge is 0.395 e. The summed E-state index contributed by atoms with van der Waals surface area (Å²) in [6.07, 6.45) is 0. The highest BCUT2D eigenvalue weighted by molar-refractivity contribution is 6.33. The van der Waals surface area contributed by atoms with E-state index in [1.807, 2.05) is 18.2 Å². The zero-order valence-electron chi connectivity index (χ0n) is 7.20. The van der Waals surface area contributed by atoms with Crippen LogP contribution in [0.3, 0.4) is 0 Å². The SMILES string of the molecule is N[C@H](CO)CNc1ccccc1Cl. The predicted molar refractivity (Wildman–Crippen MR) is 55.0 cm³/mol. The Morgan fingerprint density at radius 1 is 1.46 bits per heavy atom. The van der Waals surface area contributed by atoms with Crippen LogP contribution in [0.5, 0.6) is 0 Å². The molecule has 0 aliphatic carbocycles. The average Bonchev–Trinajstić information content (AvgIpc) is 2.16. The van der Waals surface area contributed by atoms with E-state index in [2.05, 4.69) is 5.32 Å². The number of aliphatic hydroxyl groups is 1. The molecular formula is C9H13ClN2O. The molecule has 0 bridgehead atoms. The van der Waals surface area contributed by atoms with Crippen molar-refractivity contribution in [3.05, 3.63) is 29.3 Å². The van der Waals surface area contributed by atoms with E-state index < -0.39 is 0 Å². The Balaban J connectivity index is 2.50. The van der Waals surface area contributed by atoms with Gasteiger partial charge in [-0.3, -0.25) is 0 Å². The van der Waals surface area contributed by atoms with Crippen LogP contribution in [-0.4, -0.2) is 24.3 Å². The number of para-hydroxylation sites is 1. The van der Waals surface area contributed by atoms with Crippen molar-refractivity contribution < 1.29 is 5.11 Å². The molecule has 0 heterocycles. The first kappa shape index (κ1) is 10.3. The Morgan fingerprint density at radius 2 is 2.15 bits per heavy atom. The zero-order valence-corrected chi connectivity index (χ0v) is 7.96. The van der Waals surface area contributed by atoms with Gasteiger partial charge in [0.2, 0.25) is 0 Å². The molecular weight excluding hydrogens is 188 g/mol. The molecule has 13 heavy (non-hydrogen) atoms. The minimum Gasteiger partial charge on any atom is -0.395 e. The van der Waals surface area contributed by atoms with E-state index in [1.54, 1.807) is 6.07 Å². The van der Waals surface area contributed by atoms with Crippen LogP contribution in [0.1, 0.15) is 0 Å². The smallest absolute Gasteiger partial charge is 0.0637 e. The third kappa shape index (κ3) is 3.22. The number of hydrogen-bond donors (Lipinski definition) is 3. The fourth-order valence-electron chi connectivity index (χ4n) is 0.910. The summed E-state index contributed by atoms with van der Waals surface area (Å²) in [6.45, 7) is 0.484. The first-order chi connectivity index (χ1) is 6.24. The van der Waals surface area contributed by atoms with Crippen molar-refractivity contribution in [1.29, 1.82) is 0 Å². The number of nitrogens with two attached hydrogens (primary N) is 1. The van der Waals surface area contributed by atoms with E-state index >= 15 is 0 Å². The third-order valence-corrected chi connectivity index (χ3v) is 1.99. The summed E-state index contributed by atoms with van der Waals surface area (Å²) in [5.74, 6) is 0. The lowest BCUT2D eigenvalue weighted by Gasteiger charge is -2.11. The first-order valence-electron chi connectivity index (χ1n) is 4.09. The third-order valence-electron chi connectivity index (χ3n) is 1.66. The molecule has 1 aromatic carbocycles. The molecule has 3 nitrogen and oxygen atoms in total. The summed E-state index contributed by atoms with van der Waals surface area (Å²) < 4.78 is 0. The van der Waals surface area contributed by atoms with Gasteiger partial charge < -0.3 is 16.2 Å². The number of rotatable bonds is 4. The van der Waals surface area contributed by atoms with E-state index in [9.17, 15) is 0 Å². The van der Waals surface area contributed by atoms with Gasteiger partial charge in [0.1, 0.15) is 0 Å². The number of benzene rings is 1. The molecule has 0 aliphatic heterocycles. The molecule has 0 aliphatic rings. The maximum Gasteiger partial charge on any atom is 0.0637 e. The molecule has 0 aromatic heterocycles. The number of nitrogens with one attached hydrogen (secondary N) is 1. The number of halogens is 1. The normalized spacial score (nSPS) is 12.5. The highest BCUT2D eigenvalue weighted by atomic mass is 35.5. The number of anilines is 1. The molecule has 72 valence electrons. The fourth-order valence-corrected chi connectivity index (χ4v) is 1.11. The van der Waals surface area contributed by atoms with Gasteiger partial charge in [-0.2, -0.15) is 0 Å². The van der Waals surface area contributed by atoms with Gasteiger partial charge in [-0.15, -0.1) is 0 Å². The van der Waals surface area contributed by atoms with E-state index in [0.29, 0.717) is 11.6 Å². The minimum atomic E-state index is -0.253. The van der Waals surface area contributed by atoms with Crippen molar-refractivity contribution in [3.8, 4) is 0 Å². The molecule has 4 N–H and O–H groups in total. The van der Waals surface area contributed by atoms with Gasteiger partial charge in [-0.25, -0.2) is 0 Å². The van der Waals surface area contributed by atoms with Crippen LogP contribution in [0.15, 0.2) is 24.3 Å². The van der Waals surface area contributed by atoms with Gasteiger partial charge in [-0.1, -0.05) is 23.7 Å². The first-order valence-corrected chi connectivity index (χ1v) is 4.46. The van der Waals surface area contributed by atoms with Crippen LogP contribution in [-0.2, 0) is 0 Å². The van der Waals surface area contributed by atoms with E-state index in [4.69, 9.17) is 22.4 Å². The van der Waals surface area contributed by atoms with Gasteiger partial charge in [-0.05, 0) is 12.1 Å². The second-order valence-electron chi connectivity index (χ2n) is 2.80. The Labute approximate surface area is 82.5 Å². The predicted octanol–water partition coefficient (Wildman–Crippen LogP) is 1.07. The lowest BCUT2D eigenvalue weighted by atomic mass is 10.3. The molecule has 0 unspecified atom stereocenters. The molecule has 0 saturated carbocycles. The Morgan fingerprint density at radius 3 is 2.77 bits per heavy atom. The summed E-state index contributed by atoms with van der Waals surface area (Å²) >= 11 is 5.89. The summed E-state index contributed by atoms with van der Waals surface area (Å²) in [4.78, 5) is 0. The standard InChI is InChI=1S/C9H13ClN2O/c10-8-3-1-2-4-9(8)12-5-7(11)6-13/h1-4,7,12-13H,5-6,11H2/t7-/m0/s1. The second-order valence-corrected chi connectivity index (χ2v) is 3.21. The molecule has 0 radical (unpaired) electrons. The monoisotopic (exact) mass is 200 g/mol. The van der Waals surface area contributed by atoms with Crippen LogP contribution < -0.4 is 11.1 Å². The van der Waals surface area contributed by atoms with Crippen molar-refractivity contribution >= 4 is 17.3 Å². The zero-order chi connectivity index (χ0) is 9.68. The summed E-state index contributed by atoms with van der Waals surface area (Å²) in [5, 5.41) is 12.4. The maximum atomic E-state index is 8.68. The minimum absolute atomic E-state index is 0.0303. The van der Waals surface area contributed by atoms with Gasteiger partial charge in [0.15, 0.2) is 0 Å². The average molecular weight is 201 g/mol. The molecule has 1 aromatic rings. The Hall–Kier alpha value is -0.770. The van der Waals surface area contributed by atoms with Crippen molar-refractivity contribution in [2.24, 2.45) is 5.73 Å². The van der Waals surface area contributed by atoms with Crippen LogP contribution in [0.4, 0.5) is 5.69 Å². The lowest BCUT2D eigenvalue weighted by molar-refractivity contribution is 0.270. The summed E-state index contributed by atoms with van der Waals surface area (Å²) in [7, 11) is 0. The molecule has 1 atom stereocenters. The quantitative estimate of drug-likeness (QED) is 0.682. The van der Waals surface area contributed by atoms with Crippen molar-refractivity contribution in [2.75, 3.05) is 18.5 Å². The summed E-state index contributed by atoms with van der Waals surface area (Å²) in [6, 6.07) is 7.16. The van der Waals surface area contributed by atoms with Crippen molar-refractivity contribution in [1.82, 2.24) is 0 Å². The van der Waals surface area contributed by atoms with Crippen LogP contribution in [0.25, 0.3) is 0 Å². The van der Waals surface area contributed by atoms with Gasteiger partial charge in [0.05, 0.1) is 17.3 Å². The topological polar surface area (TPSA) is 58.3 Å². The molecule has 0 saturated heterocycles. The number of aliphatic hydroxyl groups excluding tert-OH is 1. The second kappa shape index (κ2) is 5.07. The van der Waals surface area contributed by atoms with E-state index in [-0.39, 0.29) is 12.6 Å². The molecule has 1 rings (SSSR count). The molecule has 4 heteroatoms. The lowest BCUT2D eigenvalue weighted by Crippen LogP contribution is -2.32. The Kier molecular flexibility index (Phi) is 4.02. The van der Waals surface area contributed by atoms with Gasteiger partial charge in [0, 0.05) is 12.6 Å². The van der Waals surface area contributed by atoms with Crippen molar-refractivity contribution in [3.63, 3.8) is 0 Å². The van der Waals surface area contributed by atoms with Gasteiger partial charge in [0.25, 0.3) is 0 Å². The van der Waals surface area contributed by atoms with Crippen LogP contribution >= 0.6 is 11.6 Å². The molecule has 0 spiro atoms. The van der Waals surface area contributed by atoms with E-state index in [1.165, 1.54) is 0 Å². The Bertz CT molecular complexity index is 268. The highest BCUT2D eigenvalue weighted by Crippen LogP contribution is 2.19. The van der Waals surface area contributed by atoms with Crippen LogP contribution in [0, 0.1) is 0 Å². The number of hydrogen-bond acceptors (Lipinski definition) is 3. The van der Waals surface area contributed by atoms with Gasteiger partial charge >= 0.3 is 0 Å². The molecule has 0 fully saturated rings. The van der Waals surface area contributed by atoms with E-state index in [0.717, 1.165) is 5.69 Å². The van der Waals surface area contributed by atoms with Crippen molar-refractivity contribution in [2.45, 2.75) is 6.04 Å². The molecule has 0 amide bonds. The maximum absolute atomic E-state index is 8.68. The highest BCUT2D eigenvalue weighted by Gasteiger charge is 2.01. The van der Waals surface area contributed by atoms with Crippen LogP contribution in [0.2, 0.25) is 5.02 Å². The fraction of sp³-hybridized carbons (Fsp3) is 0.333. The summed E-state index contributed by atoms with van der Waals surface area (Å²) in [5.41, 5.74) is 6.36.